The lowest BCUT2D eigenvalue weighted by Gasteiger charge is -2.30. The van der Waals surface area contributed by atoms with Crippen LogP contribution in [0.1, 0.15) is 11.5 Å². The summed E-state index contributed by atoms with van der Waals surface area (Å²) in [5.41, 5.74) is 0.261. The van der Waals surface area contributed by atoms with Crippen LogP contribution in [0.2, 0.25) is 15.1 Å². The molecule has 0 saturated heterocycles. The molecule has 6 nitrogen and oxygen atoms in total. The molecule has 0 fully saturated rings. The lowest BCUT2D eigenvalue weighted by Crippen LogP contribution is -2.45. The molecule has 2 aromatic carbocycles. The lowest BCUT2D eigenvalue weighted by atomic mass is 9.96. The highest BCUT2D eigenvalue weighted by Crippen LogP contribution is 2.39. The van der Waals surface area contributed by atoms with Gasteiger partial charge in [-0.1, -0.05) is 46.9 Å². The highest BCUT2D eigenvalue weighted by molar-refractivity contribution is 7.89. The minimum atomic E-state index is -4.12. The Hall–Kier alpha value is -1.80. The van der Waals surface area contributed by atoms with Gasteiger partial charge in [0.15, 0.2) is 0 Å². The van der Waals surface area contributed by atoms with E-state index in [0.29, 0.717) is 9.99 Å². The highest BCUT2D eigenvalue weighted by Gasteiger charge is 2.45. The first-order valence-electron chi connectivity index (χ1n) is 7.21. The predicted octanol–water partition coefficient (Wildman–Crippen LogP) is 3.53. The lowest BCUT2D eigenvalue weighted by molar-refractivity contribution is -0.132. The van der Waals surface area contributed by atoms with E-state index in [9.17, 15) is 18.0 Å². The Balaban J connectivity index is 2.13. The Morgan fingerprint density at radius 2 is 1.69 bits per heavy atom. The maximum Gasteiger partial charge on any atom is 0.266 e. The average Bonchev–Trinajstić information content (AvgIpc) is 2.58. The molecule has 1 atom stereocenters. The van der Waals surface area contributed by atoms with Crippen LogP contribution in [0, 0.1) is 0 Å². The number of nitrogens with one attached hydrogen (secondary N) is 1. The van der Waals surface area contributed by atoms with E-state index in [1.165, 1.54) is 6.07 Å². The first-order chi connectivity index (χ1) is 12.1. The van der Waals surface area contributed by atoms with Crippen LogP contribution in [0.25, 0.3) is 0 Å². The van der Waals surface area contributed by atoms with Gasteiger partial charge in [-0.3, -0.25) is 9.59 Å². The molecule has 26 heavy (non-hydrogen) atoms. The van der Waals surface area contributed by atoms with Gasteiger partial charge in [-0.2, -0.15) is 0 Å². The number of para-hydroxylation sites is 1. The van der Waals surface area contributed by atoms with Crippen LogP contribution in [-0.2, 0) is 19.6 Å². The topological polar surface area (TPSA) is 83.6 Å². The quantitative estimate of drug-likeness (QED) is 0.734. The summed E-state index contributed by atoms with van der Waals surface area (Å²) in [7, 11) is -3.04. The second-order valence-electron chi connectivity index (χ2n) is 5.52. The SMILES string of the molecule is CN1C(=O)C(C(=O)Nc2ccccc2Cl)c2cc(Cl)c(Cl)cc2S1(=O)=O. The van der Waals surface area contributed by atoms with Crippen LogP contribution in [0.3, 0.4) is 0 Å². The molecule has 2 amide bonds. The van der Waals surface area contributed by atoms with Crippen molar-refractivity contribution in [2.45, 2.75) is 10.8 Å². The van der Waals surface area contributed by atoms with E-state index in [0.717, 1.165) is 13.1 Å². The van der Waals surface area contributed by atoms with Gasteiger partial charge in [0.25, 0.3) is 15.9 Å². The zero-order chi connectivity index (χ0) is 19.2. The molecule has 0 saturated carbocycles. The van der Waals surface area contributed by atoms with Gasteiger partial charge in [-0.05, 0) is 29.8 Å². The number of nitrogens with zero attached hydrogens (tertiary/aromatic N) is 1. The molecular weight excluding hydrogens is 423 g/mol. The van der Waals surface area contributed by atoms with Crippen LogP contribution < -0.4 is 5.32 Å². The molecule has 3 rings (SSSR count). The van der Waals surface area contributed by atoms with E-state index in [1.54, 1.807) is 24.3 Å². The molecule has 0 radical (unpaired) electrons. The summed E-state index contributed by atoms with van der Waals surface area (Å²) in [6, 6.07) is 8.82. The number of carbonyl (C=O) groups is 2. The molecule has 0 spiro atoms. The van der Waals surface area contributed by atoms with Crippen LogP contribution >= 0.6 is 34.8 Å². The first-order valence-corrected chi connectivity index (χ1v) is 9.79. The van der Waals surface area contributed by atoms with Crippen LogP contribution in [0.5, 0.6) is 0 Å². The van der Waals surface area contributed by atoms with Gasteiger partial charge in [0.1, 0.15) is 5.92 Å². The Labute approximate surface area is 164 Å². The van der Waals surface area contributed by atoms with Crippen molar-refractivity contribution in [1.29, 1.82) is 0 Å². The van der Waals surface area contributed by atoms with Gasteiger partial charge in [0.05, 0.1) is 25.7 Å². The third-order valence-electron chi connectivity index (χ3n) is 3.95. The van der Waals surface area contributed by atoms with E-state index >= 15 is 0 Å². The summed E-state index contributed by atoms with van der Waals surface area (Å²) >= 11 is 17.9. The van der Waals surface area contributed by atoms with Crippen molar-refractivity contribution in [3.05, 3.63) is 57.0 Å². The van der Waals surface area contributed by atoms with Crippen LogP contribution in [-0.4, -0.2) is 31.6 Å². The van der Waals surface area contributed by atoms with Crippen molar-refractivity contribution in [3.8, 4) is 0 Å². The smallest absolute Gasteiger partial charge is 0.266 e. The van der Waals surface area contributed by atoms with Crippen LogP contribution in [0.15, 0.2) is 41.3 Å². The molecule has 0 bridgehead atoms. The van der Waals surface area contributed by atoms with Gasteiger partial charge in [0.2, 0.25) is 5.91 Å². The Morgan fingerprint density at radius 3 is 2.35 bits per heavy atom. The van der Waals surface area contributed by atoms with E-state index in [2.05, 4.69) is 5.32 Å². The number of halogens is 3. The number of fused-ring (bicyclic) bond motifs is 1. The maximum atomic E-state index is 12.8. The Kier molecular flexibility index (Phi) is 4.92. The molecule has 0 aliphatic carbocycles. The minimum absolute atomic E-state index is 0.00185. The zero-order valence-corrected chi connectivity index (χ0v) is 16.2. The molecule has 0 aromatic heterocycles. The molecule has 1 heterocycles. The Bertz CT molecular complexity index is 1040. The maximum absolute atomic E-state index is 12.8. The summed E-state index contributed by atoms with van der Waals surface area (Å²) in [5.74, 6) is -3.05. The zero-order valence-electron chi connectivity index (χ0n) is 13.2. The van der Waals surface area contributed by atoms with Crippen molar-refractivity contribution < 1.29 is 18.0 Å². The fourth-order valence-corrected chi connectivity index (χ4v) is 4.56. The van der Waals surface area contributed by atoms with Gasteiger partial charge >= 0.3 is 0 Å². The number of anilines is 1. The second-order valence-corrected chi connectivity index (χ2v) is 8.68. The highest BCUT2D eigenvalue weighted by atomic mass is 35.5. The molecule has 10 heteroatoms. The summed E-state index contributed by atoms with van der Waals surface area (Å²) in [6.45, 7) is 0. The number of benzene rings is 2. The monoisotopic (exact) mass is 432 g/mol. The molecule has 136 valence electrons. The number of carbonyl (C=O) groups excluding carboxylic acids is 2. The van der Waals surface area contributed by atoms with E-state index in [4.69, 9.17) is 34.8 Å². The second kappa shape index (κ2) is 6.74. The van der Waals surface area contributed by atoms with Gasteiger partial charge < -0.3 is 5.32 Å². The standard InChI is InChI=1S/C16H11Cl3N2O4S/c1-21-16(23)14(15(22)20-12-5-3-2-4-9(12)17)8-6-10(18)11(19)7-13(8)26(21,24)25/h2-7,14H,1H3,(H,20,22). The molecule has 1 aliphatic rings. The number of sulfonamides is 1. The Morgan fingerprint density at radius 1 is 1.08 bits per heavy atom. The summed E-state index contributed by atoms with van der Waals surface area (Å²) in [5, 5.41) is 2.86. The molecule has 2 aromatic rings. The largest absolute Gasteiger partial charge is 0.324 e. The number of amides is 2. The number of hydrogen-bond donors (Lipinski definition) is 1. The van der Waals surface area contributed by atoms with Crippen molar-refractivity contribution in [2.75, 3.05) is 12.4 Å². The van der Waals surface area contributed by atoms with Gasteiger partial charge in [-0.15, -0.1) is 0 Å². The van der Waals surface area contributed by atoms with Gasteiger partial charge in [-0.25, -0.2) is 12.7 Å². The first kappa shape index (κ1) is 19.0. The molecular formula is C16H11Cl3N2O4S. The predicted molar refractivity (Wildman–Crippen MR) is 99.2 cm³/mol. The van der Waals surface area contributed by atoms with Crippen molar-refractivity contribution in [3.63, 3.8) is 0 Å². The third-order valence-corrected chi connectivity index (χ3v) is 6.82. The summed E-state index contributed by atoms with van der Waals surface area (Å²) in [4.78, 5) is 25.1. The van der Waals surface area contributed by atoms with E-state index in [1.807, 2.05) is 0 Å². The van der Waals surface area contributed by atoms with Crippen molar-refractivity contribution in [2.24, 2.45) is 0 Å². The van der Waals surface area contributed by atoms with E-state index < -0.39 is 27.8 Å². The van der Waals surface area contributed by atoms with Crippen LogP contribution in [0.4, 0.5) is 5.69 Å². The van der Waals surface area contributed by atoms with E-state index in [-0.39, 0.29) is 25.5 Å². The number of hydrogen-bond acceptors (Lipinski definition) is 4. The van der Waals surface area contributed by atoms with Crippen molar-refractivity contribution >= 4 is 62.3 Å². The number of likely N-dealkylation sites (N-methyl/N-ethyl adjacent to an activating group) is 1. The number of rotatable bonds is 2. The summed E-state index contributed by atoms with van der Waals surface area (Å²) in [6.07, 6.45) is 0. The molecule has 1 unspecified atom stereocenters. The molecule has 1 aliphatic heterocycles. The molecule has 1 N–H and O–H groups in total. The third kappa shape index (κ3) is 3.05. The van der Waals surface area contributed by atoms with Crippen molar-refractivity contribution in [1.82, 2.24) is 4.31 Å². The normalized spacial score (nSPS) is 18.4. The summed E-state index contributed by atoms with van der Waals surface area (Å²) < 4.78 is 25.5. The fraction of sp³-hybridized carbons (Fsp3) is 0.125. The minimum Gasteiger partial charge on any atom is -0.324 e. The fourth-order valence-electron chi connectivity index (χ4n) is 2.59. The average molecular weight is 434 g/mol. The van der Waals surface area contributed by atoms with Gasteiger partial charge in [0, 0.05) is 7.05 Å².